The molecule has 0 saturated carbocycles. The van der Waals surface area contributed by atoms with E-state index in [1.54, 1.807) is 16.7 Å². The molecule has 3 heterocycles. The molecule has 2 amide bonds. The Bertz CT molecular complexity index is 949. The van der Waals surface area contributed by atoms with Gasteiger partial charge in [0.05, 0.1) is 18.8 Å². The predicted octanol–water partition coefficient (Wildman–Crippen LogP) is 1.84. The van der Waals surface area contributed by atoms with Crippen molar-refractivity contribution in [1.29, 1.82) is 0 Å². The van der Waals surface area contributed by atoms with E-state index in [4.69, 9.17) is 9.26 Å². The number of nitrogens with zero attached hydrogens (tertiary/aromatic N) is 5. The van der Waals surface area contributed by atoms with Crippen LogP contribution in [-0.4, -0.2) is 38.0 Å². The van der Waals surface area contributed by atoms with E-state index in [1.807, 2.05) is 37.4 Å². The van der Waals surface area contributed by atoms with Crippen molar-refractivity contribution < 1.29 is 14.1 Å². The van der Waals surface area contributed by atoms with Crippen molar-refractivity contribution in [1.82, 2.24) is 30.1 Å². The zero-order valence-electron chi connectivity index (χ0n) is 15.2. The highest BCUT2D eigenvalue weighted by atomic mass is 16.5. The van der Waals surface area contributed by atoms with E-state index in [-0.39, 0.29) is 12.6 Å². The molecule has 0 atom stereocenters. The highest BCUT2D eigenvalue weighted by Crippen LogP contribution is 2.31. The summed E-state index contributed by atoms with van der Waals surface area (Å²) in [5.74, 6) is 0.799. The maximum absolute atomic E-state index is 12.6. The van der Waals surface area contributed by atoms with Crippen molar-refractivity contribution in [3.05, 3.63) is 53.0 Å². The van der Waals surface area contributed by atoms with Crippen LogP contribution in [0.4, 0.5) is 4.79 Å². The third kappa shape index (κ3) is 3.41. The Hall–Kier alpha value is -3.20. The number of hydrogen-bond acceptors (Lipinski definition) is 6. The number of hydrogen-bond donors (Lipinski definition) is 1. The Morgan fingerprint density at radius 1 is 1.30 bits per heavy atom. The number of urea groups is 1. The highest BCUT2D eigenvalue weighted by Gasteiger charge is 2.32. The van der Waals surface area contributed by atoms with Crippen molar-refractivity contribution in [2.45, 2.75) is 26.2 Å². The van der Waals surface area contributed by atoms with E-state index in [0.717, 1.165) is 16.8 Å². The minimum Gasteiger partial charge on any atom is -0.377 e. The first-order chi connectivity index (χ1) is 13.2. The SMILES string of the molecule is COCc1noc(-c2nn(C)c3c2CN(C(=O)NCc2ccccc2)C3)n1. The molecule has 0 unspecified atom stereocenters. The number of methoxy groups -OCH3 is 1. The molecule has 9 heteroatoms. The maximum Gasteiger partial charge on any atom is 0.318 e. The number of ether oxygens (including phenoxy) is 1. The van der Waals surface area contributed by atoms with Crippen LogP contribution in [0.2, 0.25) is 0 Å². The molecular weight excluding hydrogens is 348 g/mol. The van der Waals surface area contributed by atoms with Gasteiger partial charge in [0, 0.05) is 26.3 Å². The molecule has 0 aliphatic carbocycles. The summed E-state index contributed by atoms with van der Waals surface area (Å²) in [5, 5.41) is 11.3. The number of aryl methyl sites for hydroxylation is 1. The predicted molar refractivity (Wildman–Crippen MR) is 95.1 cm³/mol. The third-order valence-electron chi connectivity index (χ3n) is 4.48. The normalized spacial score (nSPS) is 13.0. The first kappa shape index (κ1) is 17.2. The van der Waals surface area contributed by atoms with E-state index in [0.29, 0.717) is 37.0 Å². The molecule has 3 aromatic rings. The van der Waals surface area contributed by atoms with E-state index in [1.165, 1.54) is 0 Å². The van der Waals surface area contributed by atoms with Gasteiger partial charge in [0.1, 0.15) is 6.61 Å². The lowest BCUT2D eigenvalue weighted by atomic mass is 10.2. The van der Waals surface area contributed by atoms with E-state index < -0.39 is 0 Å². The summed E-state index contributed by atoms with van der Waals surface area (Å²) in [5.41, 5.74) is 3.56. The average Bonchev–Trinajstić information content (AvgIpc) is 3.38. The Labute approximate surface area is 155 Å². The topological polar surface area (TPSA) is 98.3 Å². The smallest absolute Gasteiger partial charge is 0.318 e. The second kappa shape index (κ2) is 7.20. The van der Waals surface area contributed by atoms with Gasteiger partial charge in [-0.25, -0.2) is 4.79 Å². The van der Waals surface area contributed by atoms with Crippen molar-refractivity contribution in [2.75, 3.05) is 7.11 Å². The zero-order chi connectivity index (χ0) is 18.8. The number of nitrogens with one attached hydrogen (secondary N) is 1. The quantitative estimate of drug-likeness (QED) is 0.738. The van der Waals surface area contributed by atoms with Crippen LogP contribution in [0.1, 0.15) is 22.6 Å². The van der Waals surface area contributed by atoms with Crippen LogP contribution in [0.15, 0.2) is 34.9 Å². The van der Waals surface area contributed by atoms with Crippen LogP contribution < -0.4 is 5.32 Å². The fourth-order valence-electron chi connectivity index (χ4n) is 3.13. The number of amides is 2. The lowest BCUT2D eigenvalue weighted by Crippen LogP contribution is -2.36. The number of fused-ring (bicyclic) bond motifs is 1. The molecule has 2 aromatic heterocycles. The monoisotopic (exact) mass is 368 g/mol. The molecule has 1 aliphatic heterocycles. The molecule has 140 valence electrons. The second-order valence-electron chi connectivity index (χ2n) is 6.35. The summed E-state index contributed by atoms with van der Waals surface area (Å²) in [7, 11) is 3.42. The minimum absolute atomic E-state index is 0.119. The van der Waals surface area contributed by atoms with Crippen LogP contribution in [0.5, 0.6) is 0 Å². The molecule has 0 bridgehead atoms. The molecular formula is C18H20N6O3. The molecule has 0 fully saturated rings. The van der Waals surface area contributed by atoms with Crippen molar-refractivity contribution in [2.24, 2.45) is 7.05 Å². The Morgan fingerprint density at radius 2 is 2.11 bits per heavy atom. The van der Waals surface area contributed by atoms with Crippen LogP contribution in [0.3, 0.4) is 0 Å². The first-order valence-corrected chi connectivity index (χ1v) is 8.59. The summed E-state index contributed by atoms with van der Waals surface area (Å²) in [4.78, 5) is 18.6. The van der Waals surface area contributed by atoms with Gasteiger partial charge in [-0.15, -0.1) is 0 Å². The van der Waals surface area contributed by atoms with Gasteiger partial charge in [-0.2, -0.15) is 10.1 Å². The van der Waals surface area contributed by atoms with E-state index >= 15 is 0 Å². The fraction of sp³-hybridized carbons (Fsp3) is 0.333. The average molecular weight is 368 g/mol. The number of aromatic nitrogens is 4. The summed E-state index contributed by atoms with van der Waals surface area (Å²) >= 11 is 0. The van der Waals surface area contributed by atoms with Gasteiger partial charge in [-0.05, 0) is 5.56 Å². The molecule has 9 nitrogen and oxygen atoms in total. The van der Waals surface area contributed by atoms with Gasteiger partial charge >= 0.3 is 6.03 Å². The van der Waals surface area contributed by atoms with Crippen molar-refractivity contribution >= 4 is 6.03 Å². The Morgan fingerprint density at radius 3 is 2.89 bits per heavy atom. The zero-order valence-corrected chi connectivity index (χ0v) is 15.2. The second-order valence-corrected chi connectivity index (χ2v) is 6.35. The molecule has 0 spiro atoms. The molecule has 1 aromatic carbocycles. The van der Waals surface area contributed by atoms with Gasteiger partial charge in [0.15, 0.2) is 11.5 Å². The number of carbonyl (C=O) groups excluding carboxylic acids is 1. The summed E-state index contributed by atoms with van der Waals surface area (Å²) in [6, 6.07) is 9.70. The molecule has 4 rings (SSSR count). The van der Waals surface area contributed by atoms with Gasteiger partial charge in [-0.3, -0.25) is 4.68 Å². The van der Waals surface area contributed by atoms with E-state index in [2.05, 4.69) is 20.6 Å². The molecule has 27 heavy (non-hydrogen) atoms. The largest absolute Gasteiger partial charge is 0.377 e. The van der Waals surface area contributed by atoms with Crippen molar-refractivity contribution in [3.63, 3.8) is 0 Å². The minimum atomic E-state index is -0.119. The van der Waals surface area contributed by atoms with Gasteiger partial charge in [0.25, 0.3) is 5.89 Å². The summed E-state index contributed by atoms with van der Waals surface area (Å²) < 4.78 is 12.1. The first-order valence-electron chi connectivity index (χ1n) is 8.59. The standard InChI is InChI=1S/C18H20N6O3/c1-23-14-10-24(18(25)19-8-12-6-4-3-5-7-12)9-13(14)16(21-23)17-20-15(11-26-2)22-27-17/h3-7H,8-11H2,1-2H3,(H,19,25). The lowest BCUT2D eigenvalue weighted by Gasteiger charge is -2.17. The molecule has 0 saturated heterocycles. The molecule has 1 aliphatic rings. The van der Waals surface area contributed by atoms with Gasteiger partial charge < -0.3 is 19.5 Å². The lowest BCUT2D eigenvalue weighted by molar-refractivity contribution is 0.174. The fourth-order valence-corrected chi connectivity index (χ4v) is 3.13. The third-order valence-corrected chi connectivity index (χ3v) is 4.48. The van der Waals surface area contributed by atoms with Crippen LogP contribution in [0, 0.1) is 0 Å². The molecule has 0 radical (unpaired) electrons. The number of rotatable bonds is 5. The highest BCUT2D eigenvalue weighted by molar-refractivity contribution is 5.75. The van der Waals surface area contributed by atoms with Gasteiger partial charge in [0.2, 0.25) is 0 Å². The Kier molecular flexibility index (Phi) is 4.59. The maximum atomic E-state index is 12.6. The van der Waals surface area contributed by atoms with Crippen LogP contribution in [0.25, 0.3) is 11.6 Å². The Balaban J connectivity index is 1.47. The number of carbonyl (C=O) groups is 1. The number of benzene rings is 1. The molecule has 1 N–H and O–H groups in total. The summed E-state index contributed by atoms with van der Waals surface area (Å²) in [6.07, 6.45) is 0. The van der Waals surface area contributed by atoms with Crippen molar-refractivity contribution in [3.8, 4) is 11.6 Å². The van der Waals surface area contributed by atoms with Gasteiger partial charge in [-0.1, -0.05) is 35.5 Å². The van der Waals surface area contributed by atoms with Crippen LogP contribution >= 0.6 is 0 Å². The summed E-state index contributed by atoms with van der Waals surface area (Å²) in [6.45, 7) is 1.69. The van der Waals surface area contributed by atoms with E-state index in [9.17, 15) is 4.79 Å². The van der Waals surface area contributed by atoms with Crippen LogP contribution in [-0.2, 0) is 38.0 Å².